The van der Waals surface area contributed by atoms with Crippen LogP contribution < -0.4 is 5.56 Å². The lowest BCUT2D eigenvalue weighted by molar-refractivity contribution is -0.140. The molecule has 1 aliphatic carbocycles. The Hall–Kier alpha value is -2.74. The van der Waals surface area contributed by atoms with Gasteiger partial charge in [0.25, 0.3) is 5.56 Å². The van der Waals surface area contributed by atoms with Crippen LogP contribution in [0.15, 0.2) is 47.3 Å². The molecule has 190 valence electrons. The molecule has 7 nitrogen and oxygen atoms in total. The van der Waals surface area contributed by atoms with Gasteiger partial charge in [-0.05, 0) is 49.6 Å². The lowest BCUT2D eigenvalue weighted by Crippen LogP contribution is -2.55. The van der Waals surface area contributed by atoms with Gasteiger partial charge in [0.2, 0.25) is 5.91 Å². The van der Waals surface area contributed by atoms with Gasteiger partial charge in [0, 0.05) is 69.0 Å². The molecule has 1 amide bonds. The summed E-state index contributed by atoms with van der Waals surface area (Å²) in [7, 11) is 2.09. The van der Waals surface area contributed by atoms with Gasteiger partial charge in [0.05, 0.1) is 12.1 Å². The standard InChI is InChI=1S/C29H36N4O3/c1-30-13-15-31(16-14-30)29(36)27-24(19-34)23-18-32-25(26(23)33(27)17-21-7-8-21)12-11-22(28(32)35)10-9-20-5-3-2-4-6-20/h2-6,9-12,21,23-24,26-27,34H,7-8,13-19H2,1H3/b10-9-/t23-,24-,26+,27-/m0/s1. The number of aliphatic hydroxyl groups excluding tert-OH is 1. The summed E-state index contributed by atoms with van der Waals surface area (Å²) in [6.07, 6.45) is 6.26. The fraction of sp³-hybridized carbons (Fsp3) is 0.517. The number of aliphatic hydroxyl groups is 1. The second-order valence-corrected chi connectivity index (χ2v) is 11.0. The molecule has 1 N–H and O–H groups in total. The number of aromatic nitrogens is 1. The monoisotopic (exact) mass is 488 g/mol. The first-order valence-corrected chi connectivity index (χ1v) is 13.4. The molecule has 0 radical (unpaired) electrons. The number of hydrogen-bond acceptors (Lipinski definition) is 5. The summed E-state index contributed by atoms with van der Waals surface area (Å²) in [5.74, 6) is 0.674. The highest BCUT2D eigenvalue weighted by atomic mass is 16.3. The number of amides is 1. The number of rotatable bonds is 6. The third kappa shape index (κ3) is 4.23. The fourth-order valence-corrected chi connectivity index (χ4v) is 6.50. The van der Waals surface area contributed by atoms with Crippen LogP contribution in [0, 0.1) is 17.8 Å². The van der Waals surface area contributed by atoms with Crippen LogP contribution in [0.3, 0.4) is 0 Å². The highest BCUT2D eigenvalue weighted by molar-refractivity contribution is 5.83. The highest BCUT2D eigenvalue weighted by Crippen LogP contribution is 2.51. The van der Waals surface area contributed by atoms with Crippen molar-refractivity contribution >= 4 is 18.1 Å². The van der Waals surface area contributed by atoms with E-state index in [2.05, 4.69) is 22.9 Å². The Kier molecular flexibility index (Phi) is 6.32. The first-order valence-electron chi connectivity index (χ1n) is 13.4. The summed E-state index contributed by atoms with van der Waals surface area (Å²) < 4.78 is 1.90. The smallest absolute Gasteiger partial charge is 0.258 e. The van der Waals surface area contributed by atoms with E-state index in [1.807, 2.05) is 58.0 Å². The van der Waals surface area contributed by atoms with Crippen molar-refractivity contribution in [3.05, 3.63) is 69.6 Å². The zero-order valence-corrected chi connectivity index (χ0v) is 21.0. The van der Waals surface area contributed by atoms with Crippen molar-refractivity contribution in [3.8, 4) is 0 Å². The first-order chi connectivity index (χ1) is 17.5. The van der Waals surface area contributed by atoms with E-state index in [-0.39, 0.29) is 42.0 Å². The maximum atomic E-state index is 13.8. The van der Waals surface area contributed by atoms with Crippen molar-refractivity contribution < 1.29 is 9.90 Å². The molecule has 0 bridgehead atoms. The van der Waals surface area contributed by atoms with Crippen LogP contribution in [0.1, 0.15) is 35.7 Å². The van der Waals surface area contributed by atoms with Crippen LogP contribution in [0.25, 0.3) is 12.2 Å². The maximum Gasteiger partial charge on any atom is 0.258 e. The Balaban J connectivity index is 1.32. The zero-order valence-electron chi connectivity index (χ0n) is 21.0. The number of fused-ring (bicyclic) bond motifs is 3. The molecule has 6 rings (SSSR count). The Morgan fingerprint density at radius 2 is 1.78 bits per heavy atom. The summed E-state index contributed by atoms with van der Waals surface area (Å²) in [5, 5.41) is 10.5. The van der Waals surface area contributed by atoms with Crippen molar-refractivity contribution in [2.24, 2.45) is 17.8 Å². The van der Waals surface area contributed by atoms with Crippen molar-refractivity contribution in [2.45, 2.75) is 31.5 Å². The quantitative estimate of drug-likeness (QED) is 0.675. The molecular weight excluding hydrogens is 452 g/mol. The van der Waals surface area contributed by atoms with Crippen LogP contribution in [0.2, 0.25) is 0 Å². The van der Waals surface area contributed by atoms with Crippen LogP contribution in [-0.2, 0) is 11.3 Å². The molecule has 3 aliphatic heterocycles. The first kappa shape index (κ1) is 23.6. The Morgan fingerprint density at radius 3 is 2.47 bits per heavy atom. The minimum atomic E-state index is -0.310. The van der Waals surface area contributed by atoms with Gasteiger partial charge in [-0.2, -0.15) is 0 Å². The van der Waals surface area contributed by atoms with Crippen LogP contribution >= 0.6 is 0 Å². The average Bonchev–Trinajstić information content (AvgIpc) is 3.56. The molecule has 3 fully saturated rings. The van der Waals surface area contributed by atoms with Gasteiger partial charge in [0.1, 0.15) is 0 Å². The third-order valence-corrected chi connectivity index (χ3v) is 8.71. The lowest BCUT2D eigenvalue weighted by Gasteiger charge is -2.38. The molecule has 4 atom stereocenters. The number of likely N-dealkylation sites (N-methyl/N-ethyl adjacent to an activating group) is 1. The molecule has 4 heterocycles. The van der Waals surface area contributed by atoms with Crippen LogP contribution in [-0.4, -0.2) is 82.7 Å². The molecule has 4 aliphatic rings. The molecule has 2 aromatic rings. The molecule has 2 saturated heterocycles. The largest absolute Gasteiger partial charge is 0.396 e. The second-order valence-electron chi connectivity index (χ2n) is 11.0. The van der Waals surface area contributed by atoms with Crippen LogP contribution in [0.4, 0.5) is 0 Å². The average molecular weight is 489 g/mol. The third-order valence-electron chi connectivity index (χ3n) is 8.71. The van der Waals surface area contributed by atoms with E-state index < -0.39 is 0 Å². The van der Waals surface area contributed by atoms with E-state index in [9.17, 15) is 14.7 Å². The molecule has 1 aromatic carbocycles. The second kappa shape index (κ2) is 9.61. The SMILES string of the molecule is CN1CCN(C(=O)[C@@H]2[C@@H](CO)[C@@H]3Cn4c(ccc(/C=C\c5ccccc5)c4=O)[C@@H]3N2CC2CC2)CC1. The van der Waals surface area contributed by atoms with E-state index in [0.29, 0.717) is 18.0 Å². The fourth-order valence-electron chi connectivity index (χ4n) is 6.50. The lowest BCUT2D eigenvalue weighted by atomic mass is 9.88. The summed E-state index contributed by atoms with van der Waals surface area (Å²) in [6.45, 7) is 4.64. The number of likely N-dealkylation sites (tertiary alicyclic amines) is 1. The summed E-state index contributed by atoms with van der Waals surface area (Å²) in [5.41, 5.74) is 2.73. The van der Waals surface area contributed by atoms with Crippen LogP contribution in [0.5, 0.6) is 0 Å². The van der Waals surface area contributed by atoms with Crippen molar-refractivity contribution in [1.29, 1.82) is 0 Å². The number of carbonyl (C=O) groups excluding carboxylic acids is 1. The molecule has 7 heteroatoms. The van der Waals surface area contributed by atoms with Gasteiger partial charge in [-0.1, -0.05) is 36.4 Å². The number of carbonyl (C=O) groups is 1. The summed E-state index contributed by atoms with van der Waals surface area (Å²) >= 11 is 0. The predicted octanol–water partition coefficient (Wildman–Crippen LogP) is 2.17. The minimum Gasteiger partial charge on any atom is -0.396 e. The molecule has 0 spiro atoms. The van der Waals surface area contributed by atoms with E-state index in [1.165, 1.54) is 12.8 Å². The van der Waals surface area contributed by atoms with Crippen molar-refractivity contribution in [3.63, 3.8) is 0 Å². The zero-order chi connectivity index (χ0) is 24.8. The Bertz CT molecular complexity index is 1200. The molecule has 0 unspecified atom stereocenters. The van der Waals surface area contributed by atoms with Crippen molar-refractivity contribution in [1.82, 2.24) is 19.3 Å². The van der Waals surface area contributed by atoms with Gasteiger partial charge in [-0.3, -0.25) is 14.5 Å². The summed E-state index contributed by atoms with van der Waals surface area (Å²) in [6, 6.07) is 13.7. The Labute approximate surface area is 212 Å². The summed E-state index contributed by atoms with van der Waals surface area (Å²) in [4.78, 5) is 34.0. The van der Waals surface area contributed by atoms with Gasteiger partial charge in [-0.25, -0.2) is 0 Å². The van der Waals surface area contributed by atoms with Gasteiger partial charge in [0.15, 0.2) is 0 Å². The minimum absolute atomic E-state index is 0.00372. The Morgan fingerprint density at radius 1 is 1.03 bits per heavy atom. The number of benzene rings is 1. The topological polar surface area (TPSA) is 69.0 Å². The van der Waals surface area contributed by atoms with E-state index >= 15 is 0 Å². The molecule has 36 heavy (non-hydrogen) atoms. The van der Waals surface area contributed by atoms with E-state index in [0.717, 1.165) is 44.0 Å². The molecule has 1 aromatic heterocycles. The molecular formula is C29H36N4O3. The highest BCUT2D eigenvalue weighted by Gasteiger charge is 2.56. The number of pyridine rings is 1. The number of hydrogen-bond donors (Lipinski definition) is 1. The van der Waals surface area contributed by atoms with Crippen molar-refractivity contribution in [2.75, 3.05) is 46.4 Å². The molecule has 1 saturated carbocycles. The van der Waals surface area contributed by atoms with Gasteiger partial charge in [-0.15, -0.1) is 0 Å². The van der Waals surface area contributed by atoms with E-state index in [4.69, 9.17) is 0 Å². The van der Waals surface area contributed by atoms with Gasteiger partial charge < -0.3 is 19.5 Å². The normalized spacial score (nSPS) is 28.6. The number of piperazine rings is 1. The van der Waals surface area contributed by atoms with Gasteiger partial charge >= 0.3 is 0 Å². The predicted molar refractivity (Wildman–Crippen MR) is 140 cm³/mol. The van der Waals surface area contributed by atoms with E-state index in [1.54, 1.807) is 0 Å². The maximum absolute atomic E-state index is 13.8. The number of nitrogens with zero attached hydrogens (tertiary/aromatic N) is 4.